The Kier molecular flexibility index (Phi) is 4.09. The molecule has 1 aromatic heterocycles. The average molecular weight is 362 g/mol. The van der Waals surface area contributed by atoms with Crippen LogP contribution in [0.5, 0.6) is 5.75 Å². The van der Waals surface area contributed by atoms with Crippen LogP contribution in [0.3, 0.4) is 0 Å². The van der Waals surface area contributed by atoms with Crippen molar-refractivity contribution in [2.24, 2.45) is 12.0 Å². The van der Waals surface area contributed by atoms with Gasteiger partial charge in [-0.25, -0.2) is 0 Å². The van der Waals surface area contributed by atoms with Crippen molar-refractivity contribution in [3.63, 3.8) is 0 Å². The third-order valence-electron chi connectivity index (χ3n) is 4.52. The third-order valence-corrected chi connectivity index (χ3v) is 5.79. The molecule has 3 aromatic carbocycles. The number of thiazole rings is 1. The lowest BCUT2D eigenvalue weighted by Crippen LogP contribution is -2.13. The monoisotopic (exact) mass is 362 g/mol. The van der Waals surface area contributed by atoms with Crippen LogP contribution in [-0.2, 0) is 7.05 Å². The molecule has 0 saturated carbocycles. The average Bonchev–Trinajstić information content (AvgIpc) is 2.99. The first-order valence-electron chi connectivity index (χ1n) is 8.29. The summed E-state index contributed by atoms with van der Waals surface area (Å²) < 4.78 is 8.48. The fourth-order valence-corrected chi connectivity index (χ4v) is 4.19. The molecular formula is C21H18N2O2S. The normalized spacial score (nSPS) is 12.0. The molecule has 5 heteroatoms. The fraction of sp³-hybridized carbons (Fsp3) is 0.143. The van der Waals surface area contributed by atoms with Crippen LogP contribution in [0, 0.1) is 6.92 Å². The molecule has 0 unspecified atom stereocenters. The number of hydrogen-bond acceptors (Lipinski definition) is 3. The maximum atomic E-state index is 12.7. The standard InChI is InChI=1S/C21H18N2O2S/c1-13-8-11-17(25-3)18-19(13)26-21(23(18)2)22-20(24)16-10-9-14-6-4-5-7-15(14)12-16/h4-12H,1-3H3. The maximum Gasteiger partial charge on any atom is 0.279 e. The molecule has 4 aromatic rings. The number of benzene rings is 3. The van der Waals surface area contributed by atoms with Crippen LogP contribution in [0.1, 0.15) is 15.9 Å². The number of carbonyl (C=O) groups excluding carboxylic acids is 1. The van der Waals surface area contributed by atoms with Gasteiger partial charge in [-0.2, -0.15) is 4.99 Å². The molecule has 0 atom stereocenters. The van der Waals surface area contributed by atoms with Crippen LogP contribution in [-0.4, -0.2) is 17.6 Å². The maximum absolute atomic E-state index is 12.7. The summed E-state index contributed by atoms with van der Waals surface area (Å²) in [5.74, 6) is 0.540. The second-order valence-electron chi connectivity index (χ2n) is 6.18. The van der Waals surface area contributed by atoms with E-state index in [9.17, 15) is 4.79 Å². The summed E-state index contributed by atoms with van der Waals surface area (Å²) in [5.41, 5.74) is 2.69. The highest BCUT2D eigenvalue weighted by atomic mass is 32.1. The number of methoxy groups -OCH3 is 1. The van der Waals surface area contributed by atoms with Crippen molar-refractivity contribution < 1.29 is 9.53 Å². The first-order chi connectivity index (χ1) is 12.6. The Morgan fingerprint density at radius 3 is 2.62 bits per heavy atom. The van der Waals surface area contributed by atoms with Gasteiger partial charge in [-0.1, -0.05) is 47.7 Å². The van der Waals surface area contributed by atoms with E-state index in [1.807, 2.05) is 73.1 Å². The summed E-state index contributed by atoms with van der Waals surface area (Å²) >= 11 is 1.50. The minimum atomic E-state index is -0.241. The van der Waals surface area contributed by atoms with E-state index in [1.54, 1.807) is 7.11 Å². The number of nitrogens with zero attached hydrogens (tertiary/aromatic N) is 2. The van der Waals surface area contributed by atoms with Gasteiger partial charge in [-0.3, -0.25) is 4.79 Å². The van der Waals surface area contributed by atoms with E-state index in [0.29, 0.717) is 10.4 Å². The number of ether oxygens (including phenoxy) is 1. The molecular weight excluding hydrogens is 344 g/mol. The number of carbonyl (C=O) groups is 1. The Bertz CT molecular complexity index is 1220. The summed E-state index contributed by atoms with van der Waals surface area (Å²) in [7, 11) is 3.56. The Labute approximate surface area is 155 Å². The molecule has 0 aliphatic rings. The second kappa shape index (κ2) is 6.42. The van der Waals surface area contributed by atoms with Crippen molar-refractivity contribution in [3.05, 3.63) is 70.5 Å². The lowest BCUT2D eigenvalue weighted by Gasteiger charge is -2.05. The second-order valence-corrected chi connectivity index (χ2v) is 7.16. The summed E-state index contributed by atoms with van der Waals surface area (Å²) in [6.07, 6.45) is 0. The number of amides is 1. The van der Waals surface area contributed by atoms with Gasteiger partial charge in [0.05, 0.1) is 11.8 Å². The van der Waals surface area contributed by atoms with Gasteiger partial charge in [0.1, 0.15) is 11.3 Å². The van der Waals surface area contributed by atoms with E-state index in [1.165, 1.54) is 11.3 Å². The number of fused-ring (bicyclic) bond motifs is 2. The molecule has 4 nitrogen and oxygen atoms in total. The Hall–Kier alpha value is -2.92. The zero-order chi connectivity index (χ0) is 18.3. The molecule has 4 rings (SSSR count). The van der Waals surface area contributed by atoms with Gasteiger partial charge in [-0.05, 0) is 41.5 Å². The summed E-state index contributed by atoms with van der Waals surface area (Å²) in [6, 6.07) is 17.6. The first kappa shape index (κ1) is 16.5. The van der Waals surface area contributed by atoms with Gasteiger partial charge < -0.3 is 9.30 Å². The molecule has 0 saturated heterocycles. The quantitative estimate of drug-likeness (QED) is 0.529. The molecule has 0 N–H and O–H groups in total. The van der Waals surface area contributed by atoms with Gasteiger partial charge in [-0.15, -0.1) is 0 Å². The van der Waals surface area contributed by atoms with E-state index < -0.39 is 0 Å². The summed E-state index contributed by atoms with van der Waals surface area (Å²) in [6.45, 7) is 2.05. The van der Waals surface area contributed by atoms with Crippen LogP contribution in [0.15, 0.2) is 59.6 Å². The highest BCUT2D eigenvalue weighted by molar-refractivity contribution is 7.16. The van der Waals surface area contributed by atoms with E-state index >= 15 is 0 Å². The summed E-state index contributed by atoms with van der Waals surface area (Å²) in [4.78, 5) is 17.8. The lowest BCUT2D eigenvalue weighted by atomic mass is 10.1. The zero-order valence-corrected chi connectivity index (χ0v) is 15.6. The van der Waals surface area contributed by atoms with E-state index in [-0.39, 0.29) is 5.91 Å². The minimum absolute atomic E-state index is 0.241. The van der Waals surface area contributed by atoms with Gasteiger partial charge in [0.15, 0.2) is 4.80 Å². The van der Waals surface area contributed by atoms with Gasteiger partial charge >= 0.3 is 0 Å². The van der Waals surface area contributed by atoms with Gasteiger partial charge in [0, 0.05) is 12.6 Å². The largest absolute Gasteiger partial charge is 0.495 e. The smallest absolute Gasteiger partial charge is 0.279 e. The molecule has 0 aliphatic carbocycles. The van der Waals surface area contributed by atoms with Gasteiger partial charge in [0.2, 0.25) is 0 Å². The number of hydrogen-bond donors (Lipinski definition) is 0. The Morgan fingerprint density at radius 1 is 1.08 bits per heavy atom. The minimum Gasteiger partial charge on any atom is -0.495 e. The topological polar surface area (TPSA) is 43.6 Å². The highest BCUT2D eigenvalue weighted by Crippen LogP contribution is 2.29. The van der Waals surface area contributed by atoms with Crippen molar-refractivity contribution in [2.45, 2.75) is 6.92 Å². The lowest BCUT2D eigenvalue weighted by molar-refractivity contribution is 0.0998. The van der Waals surface area contributed by atoms with Crippen molar-refractivity contribution >= 4 is 38.2 Å². The predicted molar refractivity (Wildman–Crippen MR) is 106 cm³/mol. The molecule has 26 heavy (non-hydrogen) atoms. The molecule has 0 aliphatic heterocycles. The molecule has 0 bridgehead atoms. The fourth-order valence-electron chi connectivity index (χ4n) is 3.09. The number of rotatable bonds is 2. The van der Waals surface area contributed by atoms with Crippen molar-refractivity contribution in [3.8, 4) is 5.75 Å². The van der Waals surface area contributed by atoms with E-state index in [2.05, 4.69) is 4.99 Å². The Morgan fingerprint density at radius 2 is 1.85 bits per heavy atom. The number of aryl methyl sites for hydroxylation is 2. The number of aromatic nitrogens is 1. The van der Waals surface area contributed by atoms with Crippen molar-refractivity contribution in [1.82, 2.24) is 4.57 Å². The summed E-state index contributed by atoms with van der Waals surface area (Å²) in [5, 5.41) is 2.14. The van der Waals surface area contributed by atoms with Crippen LogP contribution in [0.25, 0.3) is 21.0 Å². The van der Waals surface area contributed by atoms with Crippen LogP contribution >= 0.6 is 11.3 Å². The molecule has 0 spiro atoms. The van der Waals surface area contributed by atoms with Crippen molar-refractivity contribution in [2.75, 3.05) is 7.11 Å². The van der Waals surface area contributed by atoms with Crippen LogP contribution in [0.2, 0.25) is 0 Å². The van der Waals surface area contributed by atoms with Crippen LogP contribution in [0.4, 0.5) is 0 Å². The van der Waals surface area contributed by atoms with Crippen LogP contribution < -0.4 is 9.54 Å². The van der Waals surface area contributed by atoms with Gasteiger partial charge in [0.25, 0.3) is 5.91 Å². The third kappa shape index (κ3) is 2.70. The first-order valence-corrected chi connectivity index (χ1v) is 9.11. The van der Waals surface area contributed by atoms with E-state index in [0.717, 1.165) is 32.3 Å². The predicted octanol–water partition coefficient (Wildman–Crippen LogP) is 4.45. The molecule has 0 fully saturated rings. The highest BCUT2D eigenvalue weighted by Gasteiger charge is 2.12. The zero-order valence-electron chi connectivity index (χ0n) is 14.8. The Balaban J connectivity index is 1.85. The SMILES string of the molecule is COc1ccc(C)c2sc(=NC(=O)c3ccc4ccccc4c3)n(C)c12. The molecule has 130 valence electrons. The van der Waals surface area contributed by atoms with E-state index in [4.69, 9.17) is 4.74 Å². The van der Waals surface area contributed by atoms with Crippen molar-refractivity contribution in [1.29, 1.82) is 0 Å². The molecule has 1 heterocycles. The molecule has 0 radical (unpaired) electrons. The molecule has 1 amide bonds.